The van der Waals surface area contributed by atoms with Crippen molar-refractivity contribution in [2.24, 2.45) is 0 Å². The Hall–Kier alpha value is -1.89. The number of sulfonamides is 1. The van der Waals surface area contributed by atoms with Crippen molar-refractivity contribution in [2.45, 2.75) is 25.2 Å². The zero-order valence-corrected chi connectivity index (χ0v) is 15.0. The molecule has 0 fully saturated rings. The minimum absolute atomic E-state index is 0.0160. The summed E-state index contributed by atoms with van der Waals surface area (Å²) in [5.74, 6) is -0.291. The van der Waals surface area contributed by atoms with Gasteiger partial charge in [-0.2, -0.15) is 0 Å². The summed E-state index contributed by atoms with van der Waals surface area (Å²) in [5, 5.41) is 3.19. The highest BCUT2D eigenvalue weighted by Crippen LogP contribution is 2.17. The van der Waals surface area contributed by atoms with Crippen LogP contribution in [0.2, 0.25) is 5.02 Å². The lowest BCUT2D eigenvalue weighted by molar-refractivity contribution is -0.116. The van der Waals surface area contributed by atoms with E-state index in [2.05, 4.69) is 10.0 Å². The highest BCUT2D eigenvalue weighted by Gasteiger charge is 2.17. The first-order valence-electron chi connectivity index (χ1n) is 7.40. The number of hydrogen-bond acceptors (Lipinski definition) is 3. The molecule has 0 spiro atoms. The Morgan fingerprint density at radius 1 is 1.12 bits per heavy atom. The van der Waals surface area contributed by atoms with Gasteiger partial charge in [-0.05, 0) is 49.2 Å². The molecule has 1 amide bonds. The molecule has 2 aromatic carbocycles. The molecule has 0 aromatic heterocycles. The maximum atomic E-state index is 12.3. The van der Waals surface area contributed by atoms with Gasteiger partial charge in [0.05, 0.1) is 4.90 Å². The van der Waals surface area contributed by atoms with Crippen molar-refractivity contribution in [3.05, 3.63) is 58.6 Å². The van der Waals surface area contributed by atoms with E-state index in [9.17, 15) is 13.2 Å². The summed E-state index contributed by atoms with van der Waals surface area (Å²) in [6.45, 7) is 3.58. The van der Waals surface area contributed by atoms with Gasteiger partial charge >= 0.3 is 0 Å². The Bertz CT molecular complexity index is 851. The number of anilines is 1. The van der Waals surface area contributed by atoms with Gasteiger partial charge in [0.1, 0.15) is 0 Å². The van der Waals surface area contributed by atoms with Crippen LogP contribution in [0.4, 0.5) is 5.69 Å². The molecule has 0 saturated heterocycles. The van der Waals surface area contributed by atoms with Gasteiger partial charge in [-0.25, -0.2) is 13.1 Å². The molecule has 2 aromatic rings. The van der Waals surface area contributed by atoms with E-state index < -0.39 is 10.0 Å². The number of aryl methyl sites for hydroxylation is 2. The number of hydrogen-bond donors (Lipinski definition) is 2. The van der Waals surface area contributed by atoms with E-state index in [1.54, 1.807) is 43.3 Å². The maximum absolute atomic E-state index is 12.3. The Morgan fingerprint density at radius 3 is 2.58 bits per heavy atom. The van der Waals surface area contributed by atoms with Gasteiger partial charge in [-0.15, -0.1) is 0 Å². The number of rotatable bonds is 6. The number of carbonyl (C=O) groups excluding carboxylic acids is 1. The summed E-state index contributed by atoms with van der Waals surface area (Å²) >= 11 is 5.84. The summed E-state index contributed by atoms with van der Waals surface area (Å²) in [6.07, 6.45) is 0.0244. The summed E-state index contributed by atoms with van der Waals surface area (Å²) in [4.78, 5) is 12.1. The second-order valence-corrected chi connectivity index (χ2v) is 7.65. The lowest BCUT2D eigenvalue weighted by Gasteiger charge is -2.10. The molecule has 0 saturated carbocycles. The Labute approximate surface area is 147 Å². The van der Waals surface area contributed by atoms with Crippen LogP contribution in [-0.4, -0.2) is 20.9 Å². The average molecular weight is 367 g/mol. The third-order valence-corrected chi connectivity index (χ3v) is 5.22. The number of carbonyl (C=O) groups is 1. The molecule has 0 aliphatic carbocycles. The van der Waals surface area contributed by atoms with Crippen LogP contribution in [-0.2, 0) is 14.8 Å². The van der Waals surface area contributed by atoms with Crippen LogP contribution in [0.3, 0.4) is 0 Å². The molecular weight excluding hydrogens is 348 g/mol. The number of nitrogens with one attached hydrogen (secondary N) is 2. The summed E-state index contributed by atoms with van der Waals surface area (Å²) in [7, 11) is -3.64. The van der Waals surface area contributed by atoms with E-state index in [1.807, 2.05) is 13.0 Å². The van der Waals surface area contributed by atoms with Crippen molar-refractivity contribution in [2.75, 3.05) is 11.9 Å². The molecular formula is C17H19ClN2O3S. The first kappa shape index (κ1) is 18.4. The first-order chi connectivity index (χ1) is 11.3. The molecule has 0 radical (unpaired) electrons. The quantitative estimate of drug-likeness (QED) is 0.823. The number of benzene rings is 2. The lowest BCUT2D eigenvalue weighted by Crippen LogP contribution is -2.28. The van der Waals surface area contributed by atoms with Gasteiger partial charge in [0.15, 0.2) is 0 Å². The lowest BCUT2D eigenvalue weighted by atomic mass is 10.2. The van der Waals surface area contributed by atoms with Crippen molar-refractivity contribution in [1.82, 2.24) is 4.72 Å². The zero-order valence-electron chi connectivity index (χ0n) is 13.5. The van der Waals surface area contributed by atoms with E-state index in [0.717, 1.165) is 5.56 Å². The molecule has 0 heterocycles. The van der Waals surface area contributed by atoms with E-state index in [-0.39, 0.29) is 23.8 Å². The van der Waals surface area contributed by atoms with Crippen LogP contribution in [0.1, 0.15) is 17.5 Å². The monoisotopic (exact) mass is 366 g/mol. The minimum atomic E-state index is -3.64. The molecule has 24 heavy (non-hydrogen) atoms. The Kier molecular flexibility index (Phi) is 5.99. The van der Waals surface area contributed by atoms with Crippen molar-refractivity contribution in [3.63, 3.8) is 0 Å². The Balaban J connectivity index is 1.93. The van der Waals surface area contributed by atoms with Crippen LogP contribution in [0.25, 0.3) is 0 Å². The SMILES string of the molecule is Cc1ccc(C)c(S(=O)(=O)NCCC(=O)Nc2cccc(Cl)c2)c1. The van der Waals surface area contributed by atoms with Crippen molar-refractivity contribution >= 4 is 33.2 Å². The van der Waals surface area contributed by atoms with Crippen LogP contribution in [0.15, 0.2) is 47.4 Å². The third-order valence-electron chi connectivity index (χ3n) is 3.39. The van der Waals surface area contributed by atoms with Gasteiger partial charge in [0.25, 0.3) is 0 Å². The molecule has 0 aliphatic heterocycles. The first-order valence-corrected chi connectivity index (χ1v) is 9.26. The maximum Gasteiger partial charge on any atom is 0.240 e. The highest BCUT2D eigenvalue weighted by atomic mass is 35.5. The summed E-state index contributed by atoms with van der Waals surface area (Å²) < 4.78 is 27.1. The van der Waals surface area contributed by atoms with Gasteiger partial charge in [0, 0.05) is 23.7 Å². The van der Waals surface area contributed by atoms with Crippen molar-refractivity contribution in [3.8, 4) is 0 Å². The third kappa shape index (κ3) is 5.06. The summed E-state index contributed by atoms with van der Waals surface area (Å²) in [6, 6.07) is 12.0. The number of amides is 1. The molecule has 7 heteroatoms. The van der Waals surface area contributed by atoms with Crippen molar-refractivity contribution in [1.29, 1.82) is 0 Å². The molecule has 0 unspecified atom stereocenters. The second kappa shape index (κ2) is 7.79. The fraction of sp³-hybridized carbons (Fsp3) is 0.235. The largest absolute Gasteiger partial charge is 0.326 e. The summed E-state index contributed by atoms with van der Waals surface area (Å²) in [5.41, 5.74) is 2.10. The molecule has 128 valence electrons. The molecule has 0 aliphatic rings. The van der Waals surface area contributed by atoms with Crippen LogP contribution < -0.4 is 10.0 Å². The van der Waals surface area contributed by atoms with Gasteiger partial charge < -0.3 is 5.32 Å². The average Bonchev–Trinajstić information content (AvgIpc) is 2.49. The molecule has 0 atom stereocenters. The smallest absolute Gasteiger partial charge is 0.240 e. The van der Waals surface area contributed by atoms with E-state index >= 15 is 0 Å². The Morgan fingerprint density at radius 2 is 1.88 bits per heavy atom. The van der Waals surface area contributed by atoms with Gasteiger partial charge in [-0.3, -0.25) is 4.79 Å². The normalized spacial score (nSPS) is 11.3. The highest BCUT2D eigenvalue weighted by molar-refractivity contribution is 7.89. The van der Waals surface area contributed by atoms with Crippen LogP contribution in [0, 0.1) is 13.8 Å². The molecule has 0 bridgehead atoms. The van der Waals surface area contributed by atoms with E-state index in [4.69, 9.17) is 11.6 Å². The minimum Gasteiger partial charge on any atom is -0.326 e. The van der Waals surface area contributed by atoms with E-state index in [0.29, 0.717) is 16.3 Å². The van der Waals surface area contributed by atoms with Crippen molar-refractivity contribution < 1.29 is 13.2 Å². The van der Waals surface area contributed by atoms with Crippen LogP contribution in [0.5, 0.6) is 0 Å². The second-order valence-electron chi connectivity index (χ2n) is 5.48. The van der Waals surface area contributed by atoms with Gasteiger partial charge in [0.2, 0.25) is 15.9 Å². The fourth-order valence-corrected chi connectivity index (χ4v) is 3.71. The topological polar surface area (TPSA) is 75.3 Å². The van der Waals surface area contributed by atoms with E-state index in [1.165, 1.54) is 0 Å². The predicted molar refractivity (Wildman–Crippen MR) is 95.8 cm³/mol. The standard InChI is InChI=1S/C17H19ClN2O3S/c1-12-6-7-13(2)16(10-12)24(22,23)19-9-8-17(21)20-15-5-3-4-14(18)11-15/h3-7,10-11,19H,8-9H2,1-2H3,(H,20,21). The number of halogens is 1. The molecule has 5 nitrogen and oxygen atoms in total. The predicted octanol–water partition coefficient (Wildman–Crippen LogP) is 3.26. The zero-order chi connectivity index (χ0) is 17.7. The fourth-order valence-electron chi connectivity index (χ4n) is 2.16. The van der Waals surface area contributed by atoms with Gasteiger partial charge in [-0.1, -0.05) is 29.8 Å². The van der Waals surface area contributed by atoms with Crippen LogP contribution >= 0.6 is 11.6 Å². The molecule has 2 N–H and O–H groups in total. The molecule has 2 rings (SSSR count).